The Balaban J connectivity index is 0.000000420. The number of benzene rings is 6. The maximum absolute atomic E-state index is 12.8. The number of nitriles is 5. The lowest BCUT2D eigenvalue weighted by Crippen LogP contribution is -2.42. The van der Waals surface area contributed by atoms with Crippen LogP contribution in [0.4, 0.5) is 0 Å². The Morgan fingerprint density at radius 2 is 0.843 bits per heavy atom. The molecule has 0 saturated heterocycles. The number of carbonyl (C=O) groups is 1. The molecule has 12 rings (SSSR count). The summed E-state index contributed by atoms with van der Waals surface area (Å²) in [5.74, 6) is 0.397. The lowest BCUT2D eigenvalue weighted by Gasteiger charge is -2.35. The number of rotatable bonds is 22. The summed E-state index contributed by atoms with van der Waals surface area (Å²) in [7, 11) is 21.3. The third kappa shape index (κ3) is 36.3. The number of hydrogen-bond acceptors (Lipinski definition) is 31. The molecule has 2 unspecified atom stereocenters. The van der Waals surface area contributed by atoms with E-state index < -0.39 is 56.0 Å². The summed E-state index contributed by atoms with van der Waals surface area (Å²) in [5, 5.41) is 73.8. The van der Waals surface area contributed by atoms with Crippen molar-refractivity contribution in [3.8, 4) is 36.1 Å². The van der Waals surface area contributed by atoms with Crippen molar-refractivity contribution in [2.75, 3.05) is 31.1 Å². The van der Waals surface area contributed by atoms with Gasteiger partial charge in [-0.05, 0) is 192 Å². The molecule has 674 valence electrons. The van der Waals surface area contributed by atoms with Crippen molar-refractivity contribution in [3.63, 3.8) is 0 Å². The number of allylic oxidation sites excluding steroid dienone is 8. The number of ether oxygens (including phenoxy) is 1. The predicted molar refractivity (Wildman–Crippen MR) is 565 cm³/mol. The first-order valence-electron chi connectivity index (χ1n) is 39.6. The number of fused-ring (bicyclic) bond motifs is 2. The molecule has 134 heavy (non-hydrogen) atoms. The standard InChI is InChI=1S/C23H24N2O4S2.C20H16N2O3S2.C16H16N2O3S2.C14H12N2O3S2.C10H10N2O4S.CH4.B5H2.B4H2.B3H2.B2H2/c1-15-6-4-5-7-17(15)19(13-24)18-9-11-30-21(18)25-29-31(27,28)14-23-10-8-16(12-20(23)26)22(23,2)3;1-14-7-9-16(10-8-14)27(23,24)25-22-20-18(11-12-26-20)19(13-21)17-6-4-3-5-15(17)2;1-3-10-23(19,20)21-18-16-14(8-9-22-16)15(11-17)13-7-5-4-6-12(13)2;1-10-5-3-4-6-11(10)13(9-15)12-7-8-20-14(12)16-19-21(2,17)18;1-15-9-5-3-8(4-6-9)10(7-11)12-16-17(2,13)14;;1-4-5(2)3;1-4(2)3;1-3-2;1-2/h4-7,9,11,16H,8,10,12,14H2,1-3H3;3-12H,1-2H3;4-9H,3,10H2,1-2H3;3-8H,1-2H3;3-6H,1-2H3;1H4;1-2H;1-2H;1-2H;1-2H/b19-18+,25-21-;19-18+,22-20-;15-14+,18-16-;13-12+,16-14-;12-10+;;;;;. The van der Waals surface area contributed by atoms with Gasteiger partial charge < -0.3 is 4.74 Å². The molecule has 0 aromatic heterocycles. The fourth-order valence-corrected chi connectivity index (χ4v) is 19.0. The first kappa shape index (κ1) is 118. The van der Waals surface area contributed by atoms with Gasteiger partial charge in [-0.25, -0.2) is 0 Å². The molecule has 0 N–H and O–H groups in total. The summed E-state index contributed by atoms with van der Waals surface area (Å²) >= 11 is 4.83. The Bertz CT molecular complexity index is 6430. The zero-order valence-corrected chi connectivity index (χ0v) is 82.4. The zero-order chi connectivity index (χ0) is 99.7. The van der Waals surface area contributed by atoms with Gasteiger partial charge in [-0.1, -0.05) is 216 Å². The van der Waals surface area contributed by atoms with Crippen LogP contribution < -0.4 is 4.74 Å². The summed E-state index contributed by atoms with van der Waals surface area (Å²) in [5.41, 5.74) is 10.8. The average Bonchev–Trinajstić information content (AvgIpc) is 1.55. The molecule has 27 nitrogen and oxygen atoms in total. The molecule has 2 bridgehead atoms. The topological polar surface area (TPSA) is 424 Å². The highest BCUT2D eigenvalue weighted by Gasteiger charge is 2.66. The maximum atomic E-state index is 12.8. The van der Waals surface area contributed by atoms with E-state index in [1.165, 1.54) is 73.4 Å². The Hall–Kier alpha value is -10.4. The number of Topliss-reactive ketones (excluding diaryl/α,β-unsaturated/α-hetero) is 1. The van der Waals surface area contributed by atoms with Crippen LogP contribution in [0.1, 0.15) is 110 Å². The molecule has 2 fully saturated rings. The van der Waals surface area contributed by atoms with Gasteiger partial charge in [-0.3, -0.25) is 26.2 Å². The summed E-state index contributed by atoms with van der Waals surface area (Å²) in [6.45, 7) is 15.2. The van der Waals surface area contributed by atoms with Crippen LogP contribution in [0.5, 0.6) is 5.75 Å². The van der Waals surface area contributed by atoms with Crippen LogP contribution >= 0.6 is 47.0 Å². The minimum Gasteiger partial charge on any atom is -0.497 e. The van der Waals surface area contributed by atoms with E-state index in [0.717, 1.165) is 69.0 Å². The van der Waals surface area contributed by atoms with Gasteiger partial charge in [0.05, 0.1) is 53.1 Å². The molecule has 6 aliphatic rings. The molecule has 0 amide bonds. The van der Waals surface area contributed by atoms with Crippen LogP contribution in [0.2, 0.25) is 0 Å². The third-order valence-electron chi connectivity index (χ3n) is 19.1. The molecule has 2 aliphatic carbocycles. The minimum atomic E-state index is -4.08. The van der Waals surface area contributed by atoms with Crippen molar-refractivity contribution in [3.05, 3.63) is 269 Å². The SMILES string of the molecule is C.CCCS(=O)(=O)O/N=C1\SC=C\C1=C(\C#N)c1ccccc1C.COc1ccc(/C(C#N)=N/OS(C)(=O)=O)cc1.Cc1ccc(S(=O)(=O)O/N=C2\SC=C\C2=C(\C#N)c2ccccc2C)cc1.Cc1ccccc1/C(C#N)=C1\C=CS\C1=N/OS(=O)(=O)CC12CCC(CC1=O)C2(C)C.Cc1ccccc1/C(C#N)=C1\C=CS\C1=N/OS(C)(=O)=O.[BH][BH].[BH][B][BH].[B]B([BH])[BH].[B]B([BH])[B][BH]. The Morgan fingerprint density at radius 1 is 0.515 bits per heavy atom. The Morgan fingerprint density at radius 3 is 1.13 bits per heavy atom. The number of aryl methyl sites for hydroxylation is 5. The summed E-state index contributed by atoms with van der Waals surface area (Å²) in [6.07, 6.45) is 10.7. The van der Waals surface area contributed by atoms with E-state index in [2.05, 4.69) is 121 Å². The van der Waals surface area contributed by atoms with Crippen molar-refractivity contribution < 1.29 is 73.0 Å². The Kier molecular flexibility index (Phi) is 49.9. The molecule has 2 saturated carbocycles. The molecular weight excluding hydrogens is 1860 g/mol. The largest absolute Gasteiger partial charge is 0.497 e. The summed E-state index contributed by atoms with van der Waals surface area (Å²) in [4.78, 5) is 12.7. The van der Waals surface area contributed by atoms with Crippen LogP contribution in [0.15, 0.2) is 244 Å². The van der Waals surface area contributed by atoms with Gasteiger partial charge in [0.2, 0.25) is 0 Å². The second-order valence-corrected chi connectivity index (χ2v) is 40.5. The molecule has 4 aliphatic heterocycles. The molecule has 50 heteroatoms. The van der Waals surface area contributed by atoms with Gasteiger partial charge in [0, 0.05) is 139 Å². The van der Waals surface area contributed by atoms with E-state index in [1.54, 1.807) is 102 Å². The van der Waals surface area contributed by atoms with Crippen molar-refractivity contribution in [2.45, 2.75) is 93.4 Å². The number of thioether (sulfide) groups is 4. The van der Waals surface area contributed by atoms with Crippen molar-refractivity contribution in [2.24, 2.45) is 42.5 Å². The molecular formula is C84H90B14N10O17S9. The van der Waals surface area contributed by atoms with Gasteiger partial charge in [0.1, 0.15) is 72.7 Å². The number of oxime groups is 5. The van der Waals surface area contributed by atoms with Gasteiger partial charge in [-0.2, -0.15) is 68.4 Å². The van der Waals surface area contributed by atoms with Gasteiger partial charge >= 0.3 is 50.6 Å². The van der Waals surface area contributed by atoms with Crippen molar-refractivity contribution in [1.82, 2.24) is 0 Å². The molecule has 14 radical (unpaired) electrons. The van der Waals surface area contributed by atoms with E-state index in [1.807, 2.05) is 146 Å². The van der Waals surface area contributed by atoms with Crippen LogP contribution in [-0.2, 0) is 76.8 Å². The lowest BCUT2D eigenvalue weighted by atomic mass is 8.97. The first-order chi connectivity index (χ1) is 62.8. The zero-order valence-electron chi connectivity index (χ0n) is 75.0. The monoisotopic (exact) mass is 1950 g/mol. The third-order valence-corrected chi connectivity index (χ3v) is 26.4. The number of carbonyl (C=O) groups excluding carboxylic acids is 1. The van der Waals surface area contributed by atoms with E-state index in [9.17, 15) is 67.9 Å². The van der Waals surface area contributed by atoms with E-state index in [-0.39, 0.29) is 59.4 Å². The normalized spacial score (nSPS) is 18.3. The fourth-order valence-electron chi connectivity index (χ4n) is 12.6. The molecule has 2 atom stereocenters. The number of ketones is 1. The summed E-state index contributed by atoms with van der Waals surface area (Å²) in [6, 6.07) is 53.2. The lowest BCUT2D eigenvalue weighted by molar-refractivity contribution is -0.128. The van der Waals surface area contributed by atoms with Crippen LogP contribution in [0, 0.1) is 108 Å². The fraction of sp³-hybridized carbons (Fsp3) is 0.250. The summed E-state index contributed by atoms with van der Waals surface area (Å²) < 4.78 is 145. The van der Waals surface area contributed by atoms with Crippen molar-refractivity contribution in [1.29, 1.82) is 26.3 Å². The maximum Gasteiger partial charge on any atom is 0.358 e. The van der Waals surface area contributed by atoms with Crippen LogP contribution in [0.3, 0.4) is 0 Å². The molecule has 0 spiro atoms. The highest BCUT2D eigenvalue weighted by molar-refractivity contribution is 8.18. The van der Waals surface area contributed by atoms with Crippen LogP contribution in [0.25, 0.3) is 22.3 Å². The quantitative estimate of drug-likeness (QED) is 0.0264. The highest BCUT2D eigenvalue weighted by Crippen LogP contribution is 2.64. The average molecular weight is 1950 g/mol. The molecule has 6 aromatic carbocycles. The predicted octanol–water partition coefficient (Wildman–Crippen LogP) is 9.64. The van der Waals surface area contributed by atoms with Gasteiger partial charge in [-0.15, -0.1) is 0 Å². The van der Waals surface area contributed by atoms with Gasteiger partial charge in [0.15, 0.2) is 5.71 Å². The molecule has 6 aromatic rings. The van der Waals surface area contributed by atoms with Gasteiger partial charge in [0.25, 0.3) is 0 Å². The number of methoxy groups -OCH3 is 1. The Labute approximate surface area is 820 Å². The second-order valence-electron chi connectivity index (χ2n) is 29.0. The van der Waals surface area contributed by atoms with Crippen molar-refractivity contribution >= 4 is 256 Å². The first-order valence-corrected chi connectivity index (χ1v) is 51.3. The highest BCUT2D eigenvalue weighted by atomic mass is 32.2. The molecule has 4 heterocycles. The van der Waals surface area contributed by atoms with E-state index in [4.69, 9.17) is 38.3 Å². The van der Waals surface area contributed by atoms with E-state index in [0.29, 0.717) is 95.3 Å². The van der Waals surface area contributed by atoms with Crippen LogP contribution in [-0.4, -0.2) is 209 Å². The smallest absolute Gasteiger partial charge is 0.358 e. The number of nitrogens with zero attached hydrogens (tertiary/aromatic N) is 10. The minimum absolute atomic E-state index is 0. The van der Waals surface area contributed by atoms with E-state index >= 15 is 0 Å². The number of hydrogen-bond donors (Lipinski definition) is 0. The second kappa shape index (κ2) is 56.8.